The van der Waals surface area contributed by atoms with E-state index in [1.54, 1.807) is 6.07 Å². The van der Waals surface area contributed by atoms with Gasteiger partial charge in [0.15, 0.2) is 11.6 Å². The number of rotatable bonds is 4. The minimum Gasteiger partial charge on any atom is -0.493 e. The number of carbonyl (C=O) groups excluding carboxylic acids is 1. The van der Waals surface area contributed by atoms with E-state index in [0.717, 1.165) is 29.4 Å². The third-order valence-corrected chi connectivity index (χ3v) is 3.52. The first-order chi connectivity index (χ1) is 10.2. The predicted octanol–water partition coefficient (Wildman–Crippen LogP) is 3.81. The summed E-state index contributed by atoms with van der Waals surface area (Å²) < 4.78 is 24.8. The fraction of sp³-hybridized carbons (Fsp3) is 0.188. The van der Waals surface area contributed by atoms with Gasteiger partial charge in [-0.15, -0.1) is 0 Å². The van der Waals surface area contributed by atoms with Crippen LogP contribution in [0.1, 0.15) is 21.5 Å². The van der Waals surface area contributed by atoms with E-state index >= 15 is 0 Å². The Hall–Kier alpha value is -2.07. The highest BCUT2D eigenvalue weighted by atomic mass is 35.5. The van der Waals surface area contributed by atoms with Crippen LogP contribution in [0.25, 0.3) is 0 Å². The van der Waals surface area contributed by atoms with Gasteiger partial charge < -0.3 is 9.47 Å². The van der Waals surface area contributed by atoms with Gasteiger partial charge >= 0.3 is 0 Å². The summed E-state index contributed by atoms with van der Waals surface area (Å²) in [6.07, 6.45) is 1.40. The van der Waals surface area contributed by atoms with Crippen LogP contribution in [0, 0.1) is 5.82 Å². The molecule has 1 heterocycles. The Kier molecular flexibility index (Phi) is 3.80. The number of ether oxygens (including phenoxy) is 2. The van der Waals surface area contributed by atoms with Crippen LogP contribution in [-0.2, 0) is 13.0 Å². The molecule has 2 aromatic rings. The molecule has 0 spiro atoms. The van der Waals surface area contributed by atoms with Gasteiger partial charge in [-0.05, 0) is 35.9 Å². The molecule has 0 amide bonds. The maximum atomic E-state index is 13.8. The zero-order valence-electron chi connectivity index (χ0n) is 11.1. The van der Waals surface area contributed by atoms with E-state index in [9.17, 15) is 9.18 Å². The second kappa shape index (κ2) is 5.74. The topological polar surface area (TPSA) is 35.5 Å². The molecule has 3 rings (SSSR count). The fourth-order valence-electron chi connectivity index (χ4n) is 2.32. The minimum absolute atomic E-state index is 0.0901. The standard InChI is InChI=1S/C16H12ClFO3/c17-13-6-11-3-4-20-16(11)12(7-13)9-21-15-2-1-10(8-19)5-14(15)18/h1-2,5-8H,3-4,9H2. The number of fused-ring (bicyclic) bond motifs is 1. The molecule has 3 nitrogen and oxygen atoms in total. The number of benzene rings is 2. The maximum absolute atomic E-state index is 13.8. The monoisotopic (exact) mass is 306 g/mol. The largest absolute Gasteiger partial charge is 0.493 e. The second-order valence-corrected chi connectivity index (χ2v) is 5.18. The Morgan fingerprint density at radius 2 is 2.19 bits per heavy atom. The second-order valence-electron chi connectivity index (χ2n) is 4.75. The third kappa shape index (κ3) is 2.85. The zero-order valence-corrected chi connectivity index (χ0v) is 11.8. The molecule has 0 bridgehead atoms. The Morgan fingerprint density at radius 3 is 2.95 bits per heavy atom. The lowest BCUT2D eigenvalue weighted by atomic mass is 10.1. The Morgan fingerprint density at radius 1 is 1.33 bits per heavy atom. The summed E-state index contributed by atoms with van der Waals surface area (Å²) in [7, 11) is 0. The molecule has 0 N–H and O–H groups in total. The van der Waals surface area contributed by atoms with E-state index in [-0.39, 0.29) is 17.9 Å². The zero-order chi connectivity index (χ0) is 14.8. The number of carbonyl (C=O) groups is 1. The Labute approximate surface area is 126 Å². The van der Waals surface area contributed by atoms with Crippen molar-refractivity contribution in [2.75, 3.05) is 6.61 Å². The van der Waals surface area contributed by atoms with Crippen molar-refractivity contribution in [1.29, 1.82) is 0 Å². The van der Waals surface area contributed by atoms with Crippen molar-refractivity contribution in [3.05, 3.63) is 57.9 Å². The van der Waals surface area contributed by atoms with Crippen molar-refractivity contribution in [3.8, 4) is 11.5 Å². The molecule has 0 aromatic heterocycles. The number of hydrogen-bond acceptors (Lipinski definition) is 3. The summed E-state index contributed by atoms with van der Waals surface area (Å²) in [4.78, 5) is 10.6. The molecule has 5 heteroatoms. The summed E-state index contributed by atoms with van der Waals surface area (Å²) in [5.74, 6) is 0.288. The van der Waals surface area contributed by atoms with Crippen LogP contribution < -0.4 is 9.47 Å². The van der Waals surface area contributed by atoms with Gasteiger partial charge in [-0.25, -0.2) is 4.39 Å². The third-order valence-electron chi connectivity index (χ3n) is 3.30. The summed E-state index contributed by atoms with van der Waals surface area (Å²) in [6.45, 7) is 0.769. The van der Waals surface area contributed by atoms with Crippen LogP contribution in [0.5, 0.6) is 11.5 Å². The van der Waals surface area contributed by atoms with E-state index in [1.807, 2.05) is 6.07 Å². The minimum atomic E-state index is -0.570. The van der Waals surface area contributed by atoms with Crippen molar-refractivity contribution in [2.24, 2.45) is 0 Å². The molecule has 0 saturated carbocycles. The molecule has 0 radical (unpaired) electrons. The Bertz CT molecular complexity index is 700. The van der Waals surface area contributed by atoms with Crippen LogP contribution in [-0.4, -0.2) is 12.9 Å². The molecular formula is C16H12ClFO3. The number of hydrogen-bond donors (Lipinski definition) is 0. The number of aldehydes is 1. The van der Waals surface area contributed by atoms with Crippen molar-refractivity contribution >= 4 is 17.9 Å². The van der Waals surface area contributed by atoms with Crippen molar-refractivity contribution in [3.63, 3.8) is 0 Å². The number of halogens is 2. The average molecular weight is 307 g/mol. The lowest BCUT2D eigenvalue weighted by Gasteiger charge is -2.11. The highest BCUT2D eigenvalue weighted by Gasteiger charge is 2.18. The molecule has 2 aromatic carbocycles. The summed E-state index contributed by atoms with van der Waals surface area (Å²) >= 11 is 6.06. The SMILES string of the molecule is O=Cc1ccc(OCc2cc(Cl)cc3c2OCC3)c(F)c1. The summed E-state index contributed by atoms with van der Waals surface area (Å²) in [5.41, 5.74) is 2.10. The predicted molar refractivity (Wildman–Crippen MR) is 76.8 cm³/mol. The molecular weight excluding hydrogens is 295 g/mol. The first-order valence-electron chi connectivity index (χ1n) is 6.49. The van der Waals surface area contributed by atoms with Gasteiger partial charge in [0.2, 0.25) is 0 Å². The van der Waals surface area contributed by atoms with E-state index in [0.29, 0.717) is 17.9 Å². The van der Waals surface area contributed by atoms with Gasteiger partial charge in [-0.3, -0.25) is 4.79 Å². The average Bonchev–Trinajstić information content (AvgIpc) is 2.93. The van der Waals surface area contributed by atoms with Gasteiger partial charge in [0.1, 0.15) is 18.6 Å². The molecule has 108 valence electrons. The van der Waals surface area contributed by atoms with Crippen molar-refractivity contribution in [2.45, 2.75) is 13.0 Å². The molecule has 0 atom stereocenters. The van der Waals surface area contributed by atoms with Gasteiger partial charge in [0.25, 0.3) is 0 Å². The van der Waals surface area contributed by atoms with E-state index in [1.165, 1.54) is 12.1 Å². The maximum Gasteiger partial charge on any atom is 0.165 e. The summed E-state index contributed by atoms with van der Waals surface area (Å²) in [5, 5.41) is 0.606. The normalized spacial score (nSPS) is 12.7. The Balaban J connectivity index is 1.81. The molecule has 0 aliphatic carbocycles. The smallest absolute Gasteiger partial charge is 0.165 e. The van der Waals surface area contributed by atoms with Crippen LogP contribution in [0.2, 0.25) is 5.02 Å². The van der Waals surface area contributed by atoms with Gasteiger partial charge in [-0.1, -0.05) is 11.6 Å². The van der Waals surface area contributed by atoms with Gasteiger partial charge in [-0.2, -0.15) is 0 Å². The first kappa shape index (κ1) is 13.9. The highest BCUT2D eigenvalue weighted by molar-refractivity contribution is 6.30. The summed E-state index contributed by atoms with van der Waals surface area (Å²) in [6, 6.07) is 7.70. The van der Waals surface area contributed by atoms with Crippen LogP contribution in [0.15, 0.2) is 30.3 Å². The first-order valence-corrected chi connectivity index (χ1v) is 6.87. The van der Waals surface area contributed by atoms with Gasteiger partial charge in [0, 0.05) is 22.6 Å². The van der Waals surface area contributed by atoms with Gasteiger partial charge in [0.05, 0.1) is 6.61 Å². The van der Waals surface area contributed by atoms with Crippen molar-refractivity contribution in [1.82, 2.24) is 0 Å². The lowest BCUT2D eigenvalue weighted by Crippen LogP contribution is -2.00. The van der Waals surface area contributed by atoms with E-state index in [2.05, 4.69) is 0 Å². The van der Waals surface area contributed by atoms with E-state index in [4.69, 9.17) is 21.1 Å². The fourth-order valence-corrected chi connectivity index (χ4v) is 2.58. The molecule has 0 fully saturated rings. The molecule has 0 saturated heterocycles. The van der Waals surface area contributed by atoms with E-state index < -0.39 is 5.82 Å². The van der Waals surface area contributed by atoms with Crippen LogP contribution >= 0.6 is 11.6 Å². The van der Waals surface area contributed by atoms with Crippen molar-refractivity contribution < 1.29 is 18.7 Å². The highest BCUT2D eigenvalue weighted by Crippen LogP contribution is 2.33. The molecule has 1 aliphatic rings. The molecule has 0 unspecified atom stereocenters. The molecule has 21 heavy (non-hydrogen) atoms. The van der Waals surface area contributed by atoms with Crippen LogP contribution in [0.4, 0.5) is 4.39 Å². The lowest BCUT2D eigenvalue weighted by molar-refractivity contribution is 0.112. The quantitative estimate of drug-likeness (QED) is 0.806. The molecule has 1 aliphatic heterocycles. The van der Waals surface area contributed by atoms with Crippen LogP contribution in [0.3, 0.4) is 0 Å².